The van der Waals surface area contributed by atoms with E-state index in [1.54, 1.807) is 0 Å². The Bertz CT molecular complexity index is 243. The normalized spacial score (nSPS) is 24.7. The molecule has 0 aromatic carbocycles. The zero-order chi connectivity index (χ0) is 11.7. The molecule has 1 saturated heterocycles. The molecule has 1 fully saturated rings. The van der Waals surface area contributed by atoms with Gasteiger partial charge < -0.3 is 14.4 Å². The Balaban J connectivity index is 2.57. The van der Waals surface area contributed by atoms with Crippen molar-refractivity contribution in [2.45, 2.75) is 52.1 Å². The summed E-state index contributed by atoms with van der Waals surface area (Å²) in [5, 5.41) is 8.86. The van der Waals surface area contributed by atoms with Crippen molar-refractivity contribution in [2.75, 3.05) is 6.61 Å². The lowest BCUT2D eigenvalue weighted by Gasteiger charge is -2.32. The minimum Gasteiger partial charge on any atom is -0.403 e. The minimum atomic E-state index is -0.265. The third-order valence-electron chi connectivity index (χ3n) is 3.21. The van der Waals surface area contributed by atoms with Gasteiger partial charge in [0.1, 0.15) is 0 Å². The summed E-state index contributed by atoms with van der Waals surface area (Å²) in [6.45, 7) is 10.1. The highest BCUT2D eigenvalue weighted by Crippen LogP contribution is 2.37. The van der Waals surface area contributed by atoms with Crippen molar-refractivity contribution in [3.05, 3.63) is 11.6 Å². The molecule has 0 atom stereocenters. The molecular weight excluding hydrogens is 191 g/mol. The second kappa shape index (κ2) is 4.28. The van der Waals surface area contributed by atoms with E-state index in [1.165, 1.54) is 0 Å². The van der Waals surface area contributed by atoms with Crippen LogP contribution in [0.5, 0.6) is 0 Å². The van der Waals surface area contributed by atoms with Crippen molar-refractivity contribution in [3.63, 3.8) is 0 Å². The molecule has 0 unspecified atom stereocenters. The lowest BCUT2D eigenvalue weighted by molar-refractivity contribution is 0.00578. The number of aliphatic hydroxyl groups is 1. The van der Waals surface area contributed by atoms with Crippen LogP contribution in [0.15, 0.2) is 11.6 Å². The molecule has 1 heterocycles. The monoisotopic (exact) mass is 212 g/mol. The molecule has 1 aliphatic rings. The van der Waals surface area contributed by atoms with Crippen LogP contribution in [0.3, 0.4) is 0 Å². The first-order chi connectivity index (χ1) is 6.78. The van der Waals surface area contributed by atoms with E-state index in [2.05, 4.69) is 0 Å². The predicted octanol–water partition coefficient (Wildman–Crippen LogP) is 2.02. The van der Waals surface area contributed by atoms with Crippen molar-refractivity contribution >= 4 is 7.12 Å². The van der Waals surface area contributed by atoms with E-state index in [0.717, 1.165) is 5.57 Å². The Morgan fingerprint density at radius 2 is 1.67 bits per heavy atom. The van der Waals surface area contributed by atoms with Crippen molar-refractivity contribution < 1.29 is 14.4 Å². The van der Waals surface area contributed by atoms with Crippen molar-refractivity contribution in [1.29, 1.82) is 0 Å². The highest BCUT2D eigenvalue weighted by atomic mass is 16.7. The van der Waals surface area contributed by atoms with E-state index in [-0.39, 0.29) is 24.9 Å². The fraction of sp³-hybridized carbons (Fsp3) is 0.818. The Morgan fingerprint density at radius 3 is 2.07 bits per heavy atom. The van der Waals surface area contributed by atoms with Crippen LogP contribution in [0.2, 0.25) is 6.32 Å². The number of hydrogen-bond donors (Lipinski definition) is 1. The fourth-order valence-electron chi connectivity index (χ4n) is 1.42. The van der Waals surface area contributed by atoms with Crippen LogP contribution in [0.25, 0.3) is 0 Å². The lowest BCUT2D eigenvalue weighted by Crippen LogP contribution is -2.41. The standard InChI is InChI=1S/C11H21BO3/c1-9(8-13)6-7-12-14-10(2,3)11(4,5)15-12/h6,13H,7-8H2,1-5H3/b9-6-. The molecule has 0 aromatic rings. The summed E-state index contributed by atoms with van der Waals surface area (Å²) in [5.74, 6) is 0. The van der Waals surface area contributed by atoms with Gasteiger partial charge in [0.2, 0.25) is 0 Å². The van der Waals surface area contributed by atoms with E-state index in [9.17, 15) is 0 Å². The van der Waals surface area contributed by atoms with Gasteiger partial charge in [0.25, 0.3) is 0 Å². The Kier molecular flexibility index (Phi) is 3.64. The van der Waals surface area contributed by atoms with Crippen molar-refractivity contribution in [3.8, 4) is 0 Å². The van der Waals surface area contributed by atoms with E-state index in [1.807, 2.05) is 40.7 Å². The van der Waals surface area contributed by atoms with Crippen molar-refractivity contribution in [1.82, 2.24) is 0 Å². The molecule has 86 valence electrons. The van der Waals surface area contributed by atoms with Crippen LogP contribution in [0.1, 0.15) is 34.6 Å². The second-order valence-corrected chi connectivity index (χ2v) is 5.13. The summed E-state index contributed by atoms with van der Waals surface area (Å²) in [5.41, 5.74) is 0.418. The molecule has 1 N–H and O–H groups in total. The lowest BCUT2D eigenvalue weighted by atomic mass is 9.84. The third-order valence-corrected chi connectivity index (χ3v) is 3.21. The summed E-state index contributed by atoms with van der Waals surface area (Å²) in [6, 6.07) is 0. The molecule has 0 aliphatic carbocycles. The van der Waals surface area contributed by atoms with Crippen LogP contribution >= 0.6 is 0 Å². The highest BCUT2D eigenvalue weighted by Gasteiger charge is 2.50. The molecule has 0 saturated carbocycles. The highest BCUT2D eigenvalue weighted by molar-refractivity contribution is 6.46. The molecule has 15 heavy (non-hydrogen) atoms. The van der Waals surface area contributed by atoms with Gasteiger partial charge in [0.15, 0.2) is 0 Å². The van der Waals surface area contributed by atoms with E-state index in [0.29, 0.717) is 6.32 Å². The summed E-state index contributed by atoms with van der Waals surface area (Å²) < 4.78 is 11.6. The molecule has 0 radical (unpaired) electrons. The van der Waals surface area contributed by atoms with Gasteiger partial charge in [-0.3, -0.25) is 0 Å². The summed E-state index contributed by atoms with van der Waals surface area (Å²) in [4.78, 5) is 0. The van der Waals surface area contributed by atoms with E-state index in [4.69, 9.17) is 14.4 Å². The van der Waals surface area contributed by atoms with E-state index < -0.39 is 0 Å². The molecule has 0 aromatic heterocycles. The first-order valence-electron chi connectivity index (χ1n) is 5.40. The van der Waals surface area contributed by atoms with Crippen LogP contribution in [-0.2, 0) is 9.31 Å². The SMILES string of the molecule is C/C(=C/CB1OC(C)(C)C(C)(C)O1)CO. The first-order valence-corrected chi connectivity index (χ1v) is 5.40. The minimum absolute atomic E-state index is 0.0967. The average Bonchev–Trinajstić information content (AvgIpc) is 2.31. The molecule has 0 amide bonds. The maximum absolute atomic E-state index is 8.86. The van der Waals surface area contributed by atoms with E-state index >= 15 is 0 Å². The van der Waals surface area contributed by atoms with Gasteiger partial charge in [0, 0.05) is 6.32 Å². The average molecular weight is 212 g/mol. The summed E-state index contributed by atoms with van der Waals surface area (Å²) in [7, 11) is -0.198. The van der Waals surface area contributed by atoms with Crippen LogP contribution < -0.4 is 0 Å². The summed E-state index contributed by atoms with van der Waals surface area (Å²) in [6.07, 6.45) is 2.65. The second-order valence-electron chi connectivity index (χ2n) is 5.13. The molecule has 1 rings (SSSR count). The first kappa shape index (κ1) is 12.8. The number of hydrogen-bond acceptors (Lipinski definition) is 3. The van der Waals surface area contributed by atoms with Gasteiger partial charge in [0.05, 0.1) is 17.8 Å². The molecule has 0 spiro atoms. The zero-order valence-electron chi connectivity index (χ0n) is 10.3. The fourth-order valence-corrected chi connectivity index (χ4v) is 1.42. The maximum Gasteiger partial charge on any atom is 0.461 e. The number of rotatable bonds is 3. The molecule has 0 bridgehead atoms. The Morgan fingerprint density at radius 1 is 1.20 bits per heavy atom. The molecule has 1 aliphatic heterocycles. The summed E-state index contributed by atoms with van der Waals surface area (Å²) >= 11 is 0. The molecular formula is C11H21BO3. The van der Waals surface area contributed by atoms with Gasteiger partial charge in [-0.2, -0.15) is 0 Å². The van der Waals surface area contributed by atoms with Crippen LogP contribution in [-0.4, -0.2) is 30.0 Å². The van der Waals surface area contributed by atoms with Gasteiger partial charge >= 0.3 is 7.12 Å². The van der Waals surface area contributed by atoms with Gasteiger partial charge in [-0.15, -0.1) is 0 Å². The zero-order valence-corrected chi connectivity index (χ0v) is 10.3. The maximum atomic E-state index is 8.86. The Hall–Kier alpha value is -0.315. The largest absolute Gasteiger partial charge is 0.461 e. The van der Waals surface area contributed by atoms with Gasteiger partial charge in [-0.1, -0.05) is 11.6 Å². The molecule has 4 heteroatoms. The number of aliphatic hydroxyl groups excluding tert-OH is 1. The van der Waals surface area contributed by atoms with Gasteiger partial charge in [-0.25, -0.2) is 0 Å². The third kappa shape index (κ3) is 2.83. The Labute approximate surface area is 92.6 Å². The van der Waals surface area contributed by atoms with Crippen LogP contribution in [0.4, 0.5) is 0 Å². The number of allylic oxidation sites excluding steroid dienone is 1. The van der Waals surface area contributed by atoms with Gasteiger partial charge in [-0.05, 0) is 34.6 Å². The smallest absolute Gasteiger partial charge is 0.403 e. The van der Waals surface area contributed by atoms with Crippen molar-refractivity contribution in [2.24, 2.45) is 0 Å². The van der Waals surface area contributed by atoms with Crippen LogP contribution in [0, 0.1) is 0 Å². The molecule has 3 nitrogen and oxygen atoms in total. The predicted molar refractivity (Wildman–Crippen MR) is 61.7 cm³/mol. The topological polar surface area (TPSA) is 38.7 Å². The quantitative estimate of drug-likeness (QED) is 0.574.